The van der Waals surface area contributed by atoms with Crippen molar-refractivity contribution in [1.82, 2.24) is 5.32 Å². The zero-order valence-corrected chi connectivity index (χ0v) is 8.73. The average molecular weight is 218 g/mol. The maximum absolute atomic E-state index is 12.8. The third-order valence-electron chi connectivity index (χ3n) is 1.89. The van der Waals surface area contributed by atoms with Crippen LogP contribution in [0, 0.1) is 11.3 Å². The first-order chi connectivity index (χ1) is 6.62. The minimum absolute atomic E-state index is 0.657. The molecule has 4 nitrogen and oxygen atoms in total. The Morgan fingerprint density at radius 3 is 2.27 bits per heavy atom. The number of hydrogen-bond acceptors (Lipinski definition) is 3. The van der Waals surface area contributed by atoms with Crippen molar-refractivity contribution in [3.8, 4) is 6.07 Å². The molecule has 0 bridgehead atoms. The number of carbonyl (C=O) groups is 1. The third-order valence-corrected chi connectivity index (χ3v) is 1.89. The molecule has 1 amide bonds. The largest absolute Gasteiger partial charge is 0.444 e. The molecular formula is C9H12F2N2O2. The molecule has 84 valence electrons. The molecule has 1 rings (SSSR count). The molecule has 0 aromatic rings. The average Bonchev–Trinajstić information content (AvgIpc) is 2.49. The highest BCUT2D eigenvalue weighted by Gasteiger charge is 2.74. The number of rotatable bonds is 1. The molecule has 15 heavy (non-hydrogen) atoms. The summed E-state index contributed by atoms with van der Waals surface area (Å²) in [6, 6.07) is 1.40. The van der Waals surface area contributed by atoms with Gasteiger partial charge in [-0.15, -0.1) is 0 Å². The van der Waals surface area contributed by atoms with E-state index in [1.165, 1.54) is 6.07 Å². The SMILES string of the molecule is CC(C)(C)OC(=O)NC1(C#N)CC1(F)F. The maximum Gasteiger partial charge on any atom is 0.409 e. The first-order valence-corrected chi connectivity index (χ1v) is 4.42. The zero-order valence-electron chi connectivity index (χ0n) is 8.73. The highest BCUT2D eigenvalue weighted by atomic mass is 19.3. The van der Waals surface area contributed by atoms with Gasteiger partial charge in [0, 0.05) is 0 Å². The first-order valence-electron chi connectivity index (χ1n) is 4.42. The predicted octanol–water partition coefficient (Wildman–Crippen LogP) is 1.81. The molecule has 0 saturated heterocycles. The fraction of sp³-hybridized carbons (Fsp3) is 0.778. The van der Waals surface area contributed by atoms with Gasteiger partial charge in [0.15, 0.2) is 5.54 Å². The first kappa shape index (κ1) is 11.7. The molecular weight excluding hydrogens is 206 g/mol. The molecule has 1 atom stereocenters. The lowest BCUT2D eigenvalue weighted by molar-refractivity contribution is 0.0418. The molecule has 6 heteroatoms. The van der Waals surface area contributed by atoms with Gasteiger partial charge in [0.05, 0.1) is 12.5 Å². The molecule has 0 heterocycles. The minimum atomic E-state index is -3.15. The maximum atomic E-state index is 12.8. The fourth-order valence-electron chi connectivity index (χ4n) is 1.05. The van der Waals surface area contributed by atoms with Gasteiger partial charge in [-0.25, -0.2) is 13.6 Å². The smallest absolute Gasteiger partial charge is 0.409 e. The minimum Gasteiger partial charge on any atom is -0.444 e. The van der Waals surface area contributed by atoms with Crippen LogP contribution in [0.4, 0.5) is 13.6 Å². The number of ether oxygens (including phenoxy) is 1. The number of alkyl carbamates (subject to hydrolysis) is 1. The van der Waals surface area contributed by atoms with Crippen LogP contribution in [0.2, 0.25) is 0 Å². The number of nitriles is 1. The lowest BCUT2D eigenvalue weighted by Crippen LogP contribution is -2.43. The number of halogens is 2. The van der Waals surface area contributed by atoms with Gasteiger partial charge >= 0.3 is 6.09 Å². The Bertz CT molecular complexity index is 330. The van der Waals surface area contributed by atoms with Crippen molar-refractivity contribution in [2.45, 2.75) is 44.3 Å². The number of amides is 1. The van der Waals surface area contributed by atoms with E-state index in [-0.39, 0.29) is 0 Å². The molecule has 1 N–H and O–H groups in total. The van der Waals surface area contributed by atoms with Crippen molar-refractivity contribution in [2.24, 2.45) is 0 Å². The summed E-state index contributed by atoms with van der Waals surface area (Å²) in [5.74, 6) is -3.15. The molecule has 0 aliphatic heterocycles. The summed E-state index contributed by atoms with van der Waals surface area (Å²) in [5, 5.41) is 10.4. The number of carbonyl (C=O) groups excluding carboxylic acids is 1. The summed E-state index contributed by atoms with van der Waals surface area (Å²) in [7, 11) is 0. The molecule has 1 aliphatic rings. The molecule has 0 spiro atoms. The zero-order chi connectivity index (χ0) is 11.9. The summed E-state index contributed by atoms with van der Waals surface area (Å²) in [5.41, 5.74) is -2.85. The van der Waals surface area contributed by atoms with Crippen molar-refractivity contribution in [3.05, 3.63) is 0 Å². The Labute approximate surface area is 86.2 Å². The summed E-state index contributed by atoms with van der Waals surface area (Å²) in [6.07, 6.45) is -1.66. The second kappa shape index (κ2) is 3.05. The lowest BCUT2D eigenvalue weighted by atomic mass is 10.2. The van der Waals surface area contributed by atoms with Crippen molar-refractivity contribution in [3.63, 3.8) is 0 Å². The Hall–Kier alpha value is -1.38. The van der Waals surface area contributed by atoms with Gasteiger partial charge in [0.2, 0.25) is 0 Å². The molecule has 0 aromatic heterocycles. The van der Waals surface area contributed by atoms with E-state index in [1.807, 2.05) is 5.32 Å². The van der Waals surface area contributed by atoms with Gasteiger partial charge in [0.25, 0.3) is 5.92 Å². The number of hydrogen-bond donors (Lipinski definition) is 1. The van der Waals surface area contributed by atoms with Crippen molar-refractivity contribution in [1.29, 1.82) is 5.26 Å². The van der Waals surface area contributed by atoms with Crippen LogP contribution in [-0.4, -0.2) is 23.2 Å². The van der Waals surface area contributed by atoms with Crippen molar-refractivity contribution in [2.75, 3.05) is 0 Å². The van der Waals surface area contributed by atoms with Crippen LogP contribution in [0.25, 0.3) is 0 Å². The summed E-state index contributed by atoms with van der Waals surface area (Å²) < 4.78 is 30.3. The predicted molar refractivity (Wildman–Crippen MR) is 47.3 cm³/mol. The van der Waals surface area contributed by atoms with Crippen LogP contribution in [-0.2, 0) is 4.74 Å². The van der Waals surface area contributed by atoms with Crippen LogP contribution in [0.15, 0.2) is 0 Å². The van der Waals surface area contributed by atoms with E-state index in [4.69, 9.17) is 10.00 Å². The van der Waals surface area contributed by atoms with E-state index in [0.717, 1.165) is 0 Å². The molecule has 1 unspecified atom stereocenters. The highest BCUT2D eigenvalue weighted by molar-refractivity contribution is 5.71. The third kappa shape index (κ3) is 2.35. The van der Waals surface area contributed by atoms with Gasteiger partial charge in [-0.3, -0.25) is 5.32 Å². The van der Waals surface area contributed by atoms with Gasteiger partial charge in [0.1, 0.15) is 5.60 Å². The Balaban J connectivity index is 2.58. The second-order valence-electron chi connectivity index (χ2n) is 4.53. The monoisotopic (exact) mass is 218 g/mol. The Morgan fingerprint density at radius 1 is 1.53 bits per heavy atom. The summed E-state index contributed by atoms with van der Waals surface area (Å²) >= 11 is 0. The lowest BCUT2D eigenvalue weighted by Gasteiger charge is -2.21. The van der Waals surface area contributed by atoms with E-state index in [2.05, 4.69) is 0 Å². The van der Waals surface area contributed by atoms with Crippen LogP contribution in [0.3, 0.4) is 0 Å². The van der Waals surface area contributed by atoms with Gasteiger partial charge in [-0.2, -0.15) is 5.26 Å². The van der Waals surface area contributed by atoms with E-state index in [0.29, 0.717) is 0 Å². The van der Waals surface area contributed by atoms with Crippen molar-refractivity contribution < 1.29 is 18.3 Å². The normalized spacial score (nSPS) is 27.7. The number of nitrogens with one attached hydrogen (secondary N) is 1. The van der Waals surface area contributed by atoms with Crippen LogP contribution in [0.5, 0.6) is 0 Å². The van der Waals surface area contributed by atoms with Gasteiger partial charge in [-0.05, 0) is 20.8 Å². The van der Waals surface area contributed by atoms with E-state index >= 15 is 0 Å². The molecule has 1 aliphatic carbocycles. The van der Waals surface area contributed by atoms with E-state index in [1.54, 1.807) is 20.8 Å². The van der Waals surface area contributed by atoms with Gasteiger partial charge < -0.3 is 4.74 Å². The highest BCUT2D eigenvalue weighted by Crippen LogP contribution is 2.52. The quantitative estimate of drug-likeness (QED) is 0.730. The van der Waals surface area contributed by atoms with Crippen LogP contribution in [0.1, 0.15) is 27.2 Å². The number of alkyl halides is 2. The second-order valence-corrected chi connectivity index (χ2v) is 4.53. The molecule has 0 radical (unpaired) electrons. The Morgan fingerprint density at radius 2 is 2.00 bits per heavy atom. The van der Waals surface area contributed by atoms with Crippen LogP contribution < -0.4 is 5.32 Å². The van der Waals surface area contributed by atoms with E-state index < -0.39 is 29.6 Å². The standard InChI is InChI=1S/C9H12F2N2O2/c1-7(2,3)15-6(14)13-8(5-12)4-9(8,10)11/h4H2,1-3H3,(H,13,14). The molecule has 1 fully saturated rings. The molecule has 0 aromatic carbocycles. The van der Waals surface area contributed by atoms with Crippen molar-refractivity contribution >= 4 is 6.09 Å². The number of nitrogens with zero attached hydrogens (tertiary/aromatic N) is 1. The molecule has 1 saturated carbocycles. The topological polar surface area (TPSA) is 62.1 Å². The van der Waals surface area contributed by atoms with Gasteiger partial charge in [-0.1, -0.05) is 0 Å². The summed E-state index contributed by atoms with van der Waals surface area (Å²) in [6.45, 7) is 4.82. The summed E-state index contributed by atoms with van der Waals surface area (Å²) in [4.78, 5) is 11.1. The fourth-order valence-corrected chi connectivity index (χ4v) is 1.05. The Kier molecular flexibility index (Phi) is 2.38. The van der Waals surface area contributed by atoms with E-state index in [9.17, 15) is 13.6 Å². The van der Waals surface area contributed by atoms with Crippen LogP contribution >= 0.6 is 0 Å².